The van der Waals surface area contributed by atoms with Crippen molar-refractivity contribution in [2.45, 2.75) is 11.7 Å². The number of hydrogen-bond donors (Lipinski definition) is 1. The molecule has 0 radical (unpaired) electrons. The molecule has 7 heteroatoms. The predicted molar refractivity (Wildman–Crippen MR) is 108 cm³/mol. The molecule has 0 aliphatic carbocycles. The van der Waals surface area contributed by atoms with Gasteiger partial charge in [0.1, 0.15) is 23.6 Å². The van der Waals surface area contributed by atoms with Crippen molar-refractivity contribution in [3.63, 3.8) is 0 Å². The number of hydrogen-bond acceptors (Lipinski definition) is 4. The zero-order valence-electron chi connectivity index (χ0n) is 15.1. The number of nitrogens with zero attached hydrogens (tertiary/aromatic N) is 1. The third-order valence-electron chi connectivity index (χ3n) is 4.69. The maximum Gasteiger partial charge on any atom is 0.157 e. The molecular weight excluding hydrogens is 393 g/mol. The summed E-state index contributed by atoms with van der Waals surface area (Å²) < 4.78 is 40.0. The summed E-state index contributed by atoms with van der Waals surface area (Å²) >= 11 is -1.94. The Morgan fingerprint density at radius 2 is 1.93 bits per heavy atom. The van der Waals surface area contributed by atoms with Gasteiger partial charge in [-0.15, -0.1) is 0 Å². The van der Waals surface area contributed by atoms with Gasteiger partial charge in [0.25, 0.3) is 0 Å². The van der Waals surface area contributed by atoms with E-state index in [2.05, 4.69) is 4.98 Å². The maximum atomic E-state index is 13.8. The molecule has 1 N–H and O–H groups in total. The van der Waals surface area contributed by atoms with Gasteiger partial charge in [-0.2, -0.15) is 0 Å². The van der Waals surface area contributed by atoms with Gasteiger partial charge in [0, 0.05) is 40.7 Å². The Morgan fingerprint density at radius 3 is 2.59 bits per heavy atom. The summed E-state index contributed by atoms with van der Waals surface area (Å²) in [5.74, 6) is -0.391. The second-order valence-corrected chi connectivity index (χ2v) is 7.48. The number of carbonyl (C=O) groups is 1. The molecular formula is C22H16FNO4S. The molecule has 146 valence electrons. The van der Waals surface area contributed by atoms with Crippen LogP contribution in [0.4, 0.5) is 4.39 Å². The molecule has 4 rings (SSSR count). The summed E-state index contributed by atoms with van der Waals surface area (Å²) in [7, 11) is 0. The lowest BCUT2D eigenvalue weighted by Crippen LogP contribution is -2.16. The molecule has 2 aromatic carbocycles. The average molecular weight is 409 g/mol. The highest BCUT2D eigenvalue weighted by Gasteiger charge is 2.31. The Hall–Kier alpha value is -3.16. The smallest absolute Gasteiger partial charge is 0.157 e. The molecule has 1 aliphatic heterocycles. The lowest BCUT2D eigenvalue weighted by atomic mass is 9.84. The van der Waals surface area contributed by atoms with E-state index in [1.807, 2.05) is 6.07 Å². The van der Waals surface area contributed by atoms with Crippen LogP contribution in [0.1, 0.15) is 28.2 Å². The molecule has 0 amide bonds. The summed E-state index contributed by atoms with van der Waals surface area (Å²) in [4.78, 5) is 16.2. The van der Waals surface area contributed by atoms with Crippen molar-refractivity contribution < 1.29 is 22.7 Å². The molecule has 1 aromatic heterocycles. The summed E-state index contributed by atoms with van der Waals surface area (Å²) in [5, 5.41) is 0. The second-order valence-electron chi connectivity index (χ2n) is 6.55. The van der Waals surface area contributed by atoms with Crippen LogP contribution in [0.5, 0.6) is 5.75 Å². The second kappa shape index (κ2) is 8.06. The summed E-state index contributed by atoms with van der Waals surface area (Å²) in [6.07, 6.45) is 4.09. The number of carbonyl (C=O) groups excluding carboxylic acids is 1. The predicted octanol–water partition coefficient (Wildman–Crippen LogP) is 4.19. The van der Waals surface area contributed by atoms with E-state index in [0.29, 0.717) is 28.0 Å². The van der Waals surface area contributed by atoms with E-state index in [1.165, 1.54) is 12.1 Å². The fourth-order valence-electron chi connectivity index (χ4n) is 3.40. The normalized spacial score (nSPS) is 16.7. The third kappa shape index (κ3) is 3.87. The van der Waals surface area contributed by atoms with E-state index in [9.17, 15) is 13.4 Å². The van der Waals surface area contributed by atoms with Crippen molar-refractivity contribution >= 4 is 28.7 Å². The minimum atomic E-state index is -1.94. The fraction of sp³-hybridized carbons (Fsp3) is 0.0909. The van der Waals surface area contributed by atoms with Gasteiger partial charge in [-0.1, -0.05) is 36.4 Å². The van der Waals surface area contributed by atoms with Crippen LogP contribution in [0, 0.1) is 5.82 Å². The van der Waals surface area contributed by atoms with Crippen LogP contribution in [-0.2, 0) is 21.6 Å². The molecule has 0 fully saturated rings. The number of pyridine rings is 1. The molecule has 1 aliphatic rings. The number of ether oxygens (including phenoxy) is 1. The number of rotatable bonds is 5. The highest BCUT2D eigenvalue weighted by molar-refractivity contribution is 7.78. The molecule has 29 heavy (non-hydrogen) atoms. The van der Waals surface area contributed by atoms with E-state index < -0.39 is 22.8 Å². The van der Waals surface area contributed by atoms with E-state index in [4.69, 9.17) is 9.29 Å². The Morgan fingerprint density at radius 1 is 1.14 bits per heavy atom. The van der Waals surface area contributed by atoms with Gasteiger partial charge < -0.3 is 14.1 Å². The van der Waals surface area contributed by atoms with Crippen LogP contribution >= 0.6 is 0 Å². The van der Waals surface area contributed by atoms with Gasteiger partial charge in [-0.05, 0) is 17.7 Å². The van der Waals surface area contributed by atoms with E-state index in [0.717, 1.165) is 11.8 Å². The third-order valence-corrected chi connectivity index (χ3v) is 5.27. The zero-order valence-corrected chi connectivity index (χ0v) is 15.9. The average Bonchev–Trinajstić information content (AvgIpc) is 2.73. The first kappa shape index (κ1) is 19.2. The molecule has 0 spiro atoms. The Bertz CT molecular complexity index is 1110. The quantitative estimate of drug-likeness (QED) is 0.505. The Balaban J connectivity index is 1.89. The number of aromatic nitrogens is 1. The van der Waals surface area contributed by atoms with Crippen LogP contribution in [0.15, 0.2) is 67.0 Å². The molecule has 5 nitrogen and oxygen atoms in total. The first-order valence-electron chi connectivity index (χ1n) is 8.80. The van der Waals surface area contributed by atoms with Gasteiger partial charge in [0.2, 0.25) is 0 Å². The van der Waals surface area contributed by atoms with Crippen molar-refractivity contribution in [3.8, 4) is 5.75 Å². The lowest BCUT2D eigenvalue weighted by Gasteiger charge is -2.28. The van der Waals surface area contributed by atoms with Gasteiger partial charge in [-0.3, -0.25) is 4.98 Å². The zero-order chi connectivity index (χ0) is 20.4. The highest BCUT2D eigenvalue weighted by Crippen LogP contribution is 2.45. The molecule has 0 saturated carbocycles. The lowest BCUT2D eigenvalue weighted by molar-refractivity contribution is -0.108. The topological polar surface area (TPSA) is 76.5 Å². The molecule has 2 unspecified atom stereocenters. The molecule has 3 aromatic rings. The molecule has 0 saturated heterocycles. The first-order valence-corrected chi connectivity index (χ1v) is 10.1. The first-order chi connectivity index (χ1) is 14.1. The number of fused-ring (bicyclic) bond motifs is 1. The van der Waals surface area contributed by atoms with Gasteiger partial charge in [-0.25, -0.2) is 8.60 Å². The highest BCUT2D eigenvalue weighted by atomic mass is 32.2. The van der Waals surface area contributed by atoms with Gasteiger partial charge in [0.05, 0.1) is 11.7 Å². The standard InChI is InChI=1S/C22H16FNO4S/c23-17-7-8-18-19(12-25)21(16-2-1-9-24-11-16)22(28-20(18)10-17)15-5-3-14(4-6-15)13-29(26)27/h1-12,19H,13H2,(H,26,27). The maximum absolute atomic E-state index is 13.8. The van der Waals surface area contributed by atoms with Crippen LogP contribution in [0.3, 0.4) is 0 Å². The van der Waals surface area contributed by atoms with Gasteiger partial charge in [0.15, 0.2) is 11.1 Å². The Labute approximate surface area is 169 Å². The Kier molecular flexibility index (Phi) is 5.33. The van der Waals surface area contributed by atoms with Crippen LogP contribution in [0.25, 0.3) is 11.3 Å². The van der Waals surface area contributed by atoms with E-state index in [-0.39, 0.29) is 11.5 Å². The number of aldehydes is 1. The van der Waals surface area contributed by atoms with Crippen LogP contribution in [-0.4, -0.2) is 20.0 Å². The number of benzene rings is 2. The summed E-state index contributed by atoms with van der Waals surface area (Å²) in [6, 6.07) is 14.6. The molecule has 2 heterocycles. The van der Waals surface area contributed by atoms with E-state index in [1.54, 1.807) is 48.8 Å². The summed E-state index contributed by atoms with van der Waals surface area (Å²) in [6.45, 7) is 0. The number of halogens is 1. The minimum Gasteiger partial charge on any atom is -0.456 e. The SMILES string of the molecule is O=CC1C(c2cccnc2)=C(c2ccc(CS(=O)O)cc2)Oc2cc(F)ccc21. The van der Waals surface area contributed by atoms with Crippen molar-refractivity contribution in [2.75, 3.05) is 0 Å². The van der Waals surface area contributed by atoms with Crippen molar-refractivity contribution in [1.82, 2.24) is 4.98 Å². The minimum absolute atomic E-state index is 0.0145. The van der Waals surface area contributed by atoms with Crippen molar-refractivity contribution in [2.24, 2.45) is 0 Å². The molecule has 0 bridgehead atoms. The van der Waals surface area contributed by atoms with E-state index >= 15 is 0 Å². The fourth-order valence-corrected chi connectivity index (χ4v) is 3.88. The van der Waals surface area contributed by atoms with Gasteiger partial charge >= 0.3 is 0 Å². The largest absolute Gasteiger partial charge is 0.456 e. The molecule has 2 atom stereocenters. The van der Waals surface area contributed by atoms with Crippen molar-refractivity contribution in [1.29, 1.82) is 0 Å². The monoisotopic (exact) mass is 409 g/mol. The number of allylic oxidation sites excluding steroid dienone is 1. The van der Waals surface area contributed by atoms with Crippen LogP contribution < -0.4 is 4.74 Å². The summed E-state index contributed by atoms with van der Waals surface area (Å²) in [5.41, 5.74) is 3.28. The van der Waals surface area contributed by atoms with Crippen molar-refractivity contribution in [3.05, 3.63) is 95.1 Å². The van der Waals surface area contributed by atoms with Crippen LogP contribution in [0.2, 0.25) is 0 Å².